The highest BCUT2D eigenvalue weighted by molar-refractivity contribution is 6.32. The topological polar surface area (TPSA) is 81.4 Å². The van der Waals surface area contributed by atoms with Gasteiger partial charge in [0, 0.05) is 11.4 Å². The maximum absolute atomic E-state index is 12.0. The van der Waals surface area contributed by atoms with Crippen LogP contribution in [0.5, 0.6) is 5.75 Å². The molecule has 3 N–H and O–H groups in total. The van der Waals surface area contributed by atoms with Crippen molar-refractivity contribution in [2.24, 2.45) is 5.73 Å². The Morgan fingerprint density at radius 1 is 1.16 bits per heavy atom. The number of hydrogen-bond acceptors (Lipinski definition) is 3. The van der Waals surface area contributed by atoms with Crippen LogP contribution in [0.15, 0.2) is 36.4 Å². The lowest BCUT2D eigenvalue weighted by molar-refractivity contribution is -0.116. The molecule has 25 heavy (non-hydrogen) atoms. The van der Waals surface area contributed by atoms with Gasteiger partial charge >= 0.3 is 0 Å². The number of halogens is 1. The van der Waals surface area contributed by atoms with Crippen LogP contribution in [-0.2, 0) is 4.79 Å². The summed E-state index contributed by atoms with van der Waals surface area (Å²) < 4.78 is 5.67. The van der Waals surface area contributed by atoms with Gasteiger partial charge in [0.1, 0.15) is 5.75 Å². The molecule has 0 heterocycles. The lowest BCUT2D eigenvalue weighted by atomic mass is 10.1. The Bertz CT molecular complexity index is 767. The van der Waals surface area contributed by atoms with Crippen LogP contribution in [0.1, 0.15) is 34.3 Å². The van der Waals surface area contributed by atoms with Crippen LogP contribution in [0.4, 0.5) is 5.69 Å². The van der Waals surface area contributed by atoms with Gasteiger partial charge in [0.25, 0.3) is 5.91 Å². The second-order valence-corrected chi connectivity index (χ2v) is 6.16. The van der Waals surface area contributed by atoms with Gasteiger partial charge in [-0.1, -0.05) is 23.7 Å². The molecule has 0 aliphatic rings. The number of para-hydroxylation sites is 1. The number of carbonyl (C=O) groups excluding carboxylic acids is 2. The summed E-state index contributed by atoms with van der Waals surface area (Å²) in [7, 11) is 0. The third-order valence-corrected chi connectivity index (χ3v) is 4.29. The number of ether oxygens (including phenoxy) is 1. The van der Waals surface area contributed by atoms with Crippen LogP contribution in [-0.4, -0.2) is 18.4 Å². The zero-order valence-electron chi connectivity index (χ0n) is 14.3. The molecule has 5 nitrogen and oxygen atoms in total. The standard InChI is InChI=1S/C19H21ClN2O3/c1-12-10-14(11-13(2)18(12)20)25-9-5-8-17(23)22-16-7-4-3-6-15(16)19(21)24/h3-4,6-7,10-11H,5,8-9H2,1-2H3,(H2,21,24)(H,22,23). The summed E-state index contributed by atoms with van der Waals surface area (Å²) >= 11 is 6.12. The number of nitrogens with two attached hydrogens (primary N) is 1. The van der Waals surface area contributed by atoms with Gasteiger partial charge < -0.3 is 15.8 Å². The first-order valence-electron chi connectivity index (χ1n) is 7.96. The van der Waals surface area contributed by atoms with E-state index in [1.807, 2.05) is 26.0 Å². The summed E-state index contributed by atoms with van der Waals surface area (Å²) in [6.45, 7) is 4.25. The number of primary amides is 1. The fourth-order valence-electron chi connectivity index (χ4n) is 2.43. The van der Waals surface area contributed by atoms with E-state index in [-0.39, 0.29) is 12.3 Å². The second kappa shape index (κ2) is 8.53. The zero-order valence-corrected chi connectivity index (χ0v) is 15.0. The van der Waals surface area contributed by atoms with Crippen molar-refractivity contribution in [1.29, 1.82) is 0 Å². The van der Waals surface area contributed by atoms with Gasteiger partial charge in [-0.25, -0.2) is 0 Å². The molecule has 0 saturated heterocycles. The molecular formula is C19H21ClN2O3. The van der Waals surface area contributed by atoms with Gasteiger partial charge in [0.2, 0.25) is 5.91 Å². The van der Waals surface area contributed by atoms with Crippen molar-refractivity contribution in [3.05, 3.63) is 58.1 Å². The highest BCUT2D eigenvalue weighted by atomic mass is 35.5. The van der Waals surface area contributed by atoms with Crippen LogP contribution in [0, 0.1) is 13.8 Å². The second-order valence-electron chi connectivity index (χ2n) is 5.78. The molecule has 0 aliphatic carbocycles. The largest absolute Gasteiger partial charge is 0.494 e. The van der Waals surface area contributed by atoms with Gasteiger partial charge in [-0.3, -0.25) is 9.59 Å². The van der Waals surface area contributed by atoms with E-state index in [2.05, 4.69) is 5.32 Å². The van der Waals surface area contributed by atoms with Gasteiger partial charge in [0.05, 0.1) is 17.9 Å². The van der Waals surface area contributed by atoms with E-state index in [1.54, 1.807) is 24.3 Å². The van der Waals surface area contributed by atoms with Crippen molar-refractivity contribution in [1.82, 2.24) is 0 Å². The number of rotatable bonds is 7. The van der Waals surface area contributed by atoms with E-state index >= 15 is 0 Å². The molecule has 2 aromatic carbocycles. The number of aryl methyl sites for hydroxylation is 2. The molecule has 2 amide bonds. The number of carbonyl (C=O) groups is 2. The molecule has 0 spiro atoms. The molecule has 0 bridgehead atoms. The first kappa shape index (κ1) is 18.8. The molecule has 0 unspecified atom stereocenters. The molecule has 0 atom stereocenters. The Balaban J connectivity index is 1.83. The van der Waals surface area contributed by atoms with Crippen LogP contribution in [0.2, 0.25) is 5.02 Å². The molecule has 132 valence electrons. The number of amides is 2. The highest BCUT2D eigenvalue weighted by Gasteiger charge is 2.10. The van der Waals surface area contributed by atoms with Crippen molar-refractivity contribution < 1.29 is 14.3 Å². The van der Waals surface area contributed by atoms with E-state index in [0.29, 0.717) is 24.3 Å². The summed E-state index contributed by atoms with van der Waals surface area (Å²) in [5.74, 6) is -0.0349. The van der Waals surface area contributed by atoms with E-state index in [1.165, 1.54) is 0 Å². The molecule has 2 aromatic rings. The average Bonchev–Trinajstić information content (AvgIpc) is 2.56. The van der Waals surface area contributed by atoms with Gasteiger partial charge in [-0.15, -0.1) is 0 Å². The van der Waals surface area contributed by atoms with Gasteiger partial charge in [-0.2, -0.15) is 0 Å². The molecule has 0 aromatic heterocycles. The number of nitrogens with one attached hydrogen (secondary N) is 1. The maximum atomic E-state index is 12.0. The van der Waals surface area contributed by atoms with Crippen molar-refractivity contribution in [3.63, 3.8) is 0 Å². The Morgan fingerprint density at radius 2 is 1.80 bits per heavy atom. The summed E-state index contributed by atoms with van der Waals surface area (Å²) in [5.41, 5.74) is 7.92. The summed E-state index contributed by atoms with van der Waals surface area (Å²) in [4.78, 5) is 23.4. The van der Waals surface area contributed by atoms with Gasteiger partial charge in [-0.05, 0) is 55.7 Å². The molecule has 0 fully saturated rings. The Morgan fingerprint density at radius 3 is 2.44 bits per heavy atom. The van der Waals surface area contributed by atoms with Crippen molar-refractivity contribution in [2.45, 2.75) is 26.7 Å². The Hall–Kier alpha value is -2.53. The van der Waals surface area contributed by atoms with Gasteiger partial charge in [0.15, 0.2) is 0 Å². The predicted molar refractivity (Wildman–Crippen MR) is 99.2 cm³/mol. The minimum absolute atomic E-state index is 0.194. The smallest absolute Gasteiger partial charge is 0.250 e. The minimum Gasteiger partial charge on any atom is -0.494 e. The number of anilines is 1. The van der Waals surface area contributed by atoms with Crippen molar-refractivity contribution >= 4 is 29.1 Å². The van der Waals surface area contributed by atoms with E-state index in [0.717, 1.165) is 21.9 Å². The summed E-state index contributed by atoms with van der Waals surface area (Å²) in [6.07, 6.45) is 0.823. The van der Waals surface area contributed by atoms with Crippen molar-refractivity contribution in [3.8, 4) is 5.75 Å². The van der Waals surface area contributed by atoms with E-state index < -0.39 is 5.91 Å². The van der Waals surface area contributed by atoms with Crippen LogP contribution in [0.25, 0.3) is 0 Å². The number of benzene rings is 2. The Kier molecular flexibility index (Phi) is 6.42. The lowest BCUT2D eigenvalue weighted by Gasteiger charge is -2.11. The first-order chi connectivity index (χ1) is 11.9. The quantitative estimate of drug-likeness (QED) is 0.736. The minimum atomic E-state index is -0.576. The third-order valence-electron chi connectivity index (χ3n) is 3.69. The van der Waals surface area contributed by atoms with Crippen LogP contribution >= 0.6 is 11.6 Å². The number of hydrogen-bond donors (Lipinski definition) is 2. The molecule has 0 radical (unpaired) electrons. The SMILES string of the molecule is Cc1cc(OCCCC(=O)Nc2ccccc2C(N)=O)cc(C)c1Cl. The van der Waals surface area contributed by atoms with Crippen LogP contribution < -0.4 is 15.8 Å². The van der Waals surface area contributed by atoms with Crippen molar-refractivity contribution in [2.75, 3.05) is 11.9 Å². The monoisotopic (exact) mass is 360 g/mol. The average molecular weight is 361 g/mol. The fraction of sp³-hybridized carbons (Fsp3) is 0.263. The molecular weight excluding hydrogens is 340 g/mol. The zero-order chi connectivity index (χ0) is 18.4. The molecule has 0 saturated carbocycles. The summed E-state index contributed by atoms with van der Waals surface area (Å²) in [6, 6.07) is 10.4. The maximum Gasteiger partial charge on any atom is 0.250 e. The Labute approximate surface area is 152 Å². The highest BCUT2D eigenvalue weighted by Crippen LogP contribution is 2.26. The third kappa shape index (κ3) is 5.22. The van der Waals surface area contributed by atoms with E-state index in [4.69, 9.17) is 22.1 Å². The molecule has 0 aliphatic heterocycles. The van der Waals surface area contributed by atoms with Crippen LogP contribution in [0.3, 0.4) is 0 Å². The fourth-order valence-corrected chi connectivity index (χ4v) is 2.54. The predicted octanol–water partition coefficient (Wildman–Crippen LogP) is 3.85. The van der Waals surface area contributed by atoms with E-state index in [9.17, 15) is 9.59 Å². The molecule has 2 rings (SSSR count). The lowest BCUT2D eigenvalue weighted by Crippen LogP contribution is -2.18. The summed E-state index contributed by atoms with van der Waals surface area (Å²) in [5, 5.41) is 3.44. The first-order valence-corrected chi connectivity index (χ1v) is 8.34. The molecule has 6 heteroatoms. The normalized spacial score (nSPS) is 10.4.